The number of hydrogen-bond acceptors (Lipinski definition) is 4. The molecule has 0 aromatic heterocycles. The number of aliphatic hydroxyl groups excluding tert-OH is 1. The van der Waals surface area contributed by atoms with Gasteiger partial charge in [0.05, 0.1) is 0 Å². The average molecular weight is 230 g/mol. The SMILES string of the molecule is OC(CNCl)C1COc2ccccc2O1. The summed E-state index contributed by atoms with van der Waals surface area (Å²) in [5, 5.41) is 9.65. The van der Waals surface area contributed by atoms with Gasteiger partial charge in [-0.1, -0.05) is 12.1 Å². The maximum atomic E-state index is 9.65. The Bertz CT molecular complexity index is 334. The van der Waals surface area contributed by atoms with Crippen molar-refractivity contribution >= 4 is 11.8 Å². The molecule has 2 unspecified atom stereocenters. The van der Waals surface area contributed by atoms with Gasteiger partial charge in [-0.15, -0.1) is 0 Å². The van der Waals surface area contributed by atoms with Gasteiger partial charge in [0.25, 0.3) is 0 Å². The molecule has 0 aliphatic carbocycles. The first-order valence-corrected chi connectivity index (χ1v) is 5.09. The van der Waals surface area contributed by atoms with Crippen LogP contribution in [0.5, 0.6) is 11.5 Å². The summed E-state index contributed by atoms with van der Waals surface area (Å²) in [4.78, 5) is 2.38. The van der Waals surface area contributed by atoms with Crippen LogP contribution in [0.1, 0.15) is 0 Å². The smallest absolute Gasteiger partial charge is 0.161 e. The lowest BCUT2D eigenvalue weighted by atomic mass is 10.2. The summed E-state index contributed by atoms with van der Waals surface area (Å²) in [5.41, 5.74) is 0. The molecule has 0 fully saturated rings. The van der Waals surface area contributed by atoms with Crippen molar-refractivity contribution in [1.29, 1.82) is 0 Å². The van der Waals surface area contributed by atoms with Crippen LogP contribution in [-0.4, -0.2) is 30.5 Å². The van der Waals surface area contributed by atoms with Crippen LogP contribution in [0.25, 0.3) is 0 Å². The molecule has 82 valence electrons. The number of halogens is 1. The first-order valence-electron chi connectivity index (χ1n) is 4.71. The Hall–Kier alpha value is -0.970. The standard InChI is InChI=1S/C10H12ClNO3/c11-12-5-7(13)10-6-14-8-3-1-2-4-9(8)15-10/h1-4,7,10,12-13H,5-6H2. The molecular formula is C10H12ClNO3. The van der Waals surface area contributed by atoms with Gasteiger partial charge in [-0.05, 0) is 23.9 Å². The molecule has 0 bridgehead atoms. The fourth-order valence-corrected chi connectivity index (χ4v) is 1.59. The third kappa shape index (κ3) is 2.34. The van der Waals surface area contributed by atoms with Crippen LogP contribution in [0.4, 0.5) is 0 Å². The van der Waals surface area contributed by atoms with Crippen LogP contribution in [0, 0.1) is 0 Å². The summed E-state index contributed by atoms with van der Waals surface area (Å²) in [6.07, 6.45) is -1.07. The van der Waals surface area contributed by atoms with Crippen molar-refractivity contribution < 1.29 is 14.6 Å². The van der Waals surface area contributed by atoms with E-state index in [0.29, 0.717) is 18.1 Å². The van der Waals surface area contributed by atoms with Crippen LogP contribution in [0.2, 0.25) is 0 Å². The van der Waals surface area contributed by atoms with E-state index in [9.17, 15) is 5.11 Å². The molecule has 2 N–H and O–H groups in total. The number of para-hydroxylation sites is 2. The fourth-order valence-electron chi connectivity index (χ4n) is 1.44. The molecule has 5 heteroatoms. The van der Waals surface area contributed by atoms with E-state index in [2.05, 4.69) is 4.84 Å². The van der Waals surface area contributed by atoms with E-state index in [-0.39, 0.29) is 12.6 Å². The van der Waals surface area contributed by atoms with E-state index in [1.54, 1.807) is 0 Å². The second-order valence-corrected chi connectivity index (χ2v) is 3.59. The van der Waals surface area contributed by atoms with E-state index in [1.807, 2.05) is 24.3 Å². The summed E-state index contributed by atoms with van der Waals surface area (Å²) in [7, 11) is 0. The van der Waals surface area contributed by atoms with Crippen molar-refractivity contribution in [2.45, 2.75) is 12.2 Å². The largest absolute Gasteiger partial charge is 0.486 e. The fraction of sp³-hybridized carbons (Fsp3) is 0.400. The second kappa shape index (κ2) is 4.70. The minimum atomic E-state index is -0.684. The number of aliphatic hydroxyl groups is 1. The summed E-state index contributed by atoms with van der Waals surface area (Å²) >= 11 is 5.31. The maximum absolute atomic E-state index is 9.65. The third-order valence-corrected chi connectivity index (χ3v) is 2.40. The van der Waals surface area contributed by atoms with Crippen LogP contribution >= 0.6 is 11.8 Å². The van der Waals surface area contributed by atoms with Crippen LogP contribution in [0.15, 0.2) is 24.3 Å². The van der Waals surface area contributed by atoms with Gasteiger partial charge in [-0.3, -0.25) is 0 Å². The van der Waals surface area contributed by atoms with Crippen LogP contribution in [0.3, 0.4) is 0 Å². The number of fused-ring (bicyclic) bond motifs is 1. The number of benzene rings is 1. The van der Waals surface area contributed by atoms with Gasteiger partial charge >= 0.3 is 0 Å². The highest BCUT2D eigenvalue weighted by Crippen LogP contribution is 2.31. The highest BCUT2D eigenvalue weighted by molar-refractivity contribution is 6.13. The number of nitrogens with one attached hydrogen (secondary N) is 1. The Morgan fingerprint density at radius 2 is 2.20 bits per heavy atom. The number of rotatable bonds is 3. The molecule has 1 aliphatic heterocycles. The summed E-state index contributed by atoms with van der Waals surface area (Å²) in [5.74, 6) is 1.36. The van der Waals surface area contributed by atoms with Gasteiger partial charge in [0.2, 0.25) is 0 Å². The molecule has 1 aromatic rings. The first kappa shape index (κ1) is 10.5. The Morgan fingerprint density at radius 1 is 1.47 bits per heavy atom. The zero-order valence-corrected chi connectivity index (χ0v) is 8.78. The van der Waals surface area contributed by atoms with Gasteiger partial charge in [0.15, 0.2) is 17.6 Å². The van der Waals surface area contributed by atoms with E-state index >= 15 is 0 Å². The maximum Gasteiger partial charge on any atom is 0.161 e. The van der Waals surface area contributed by atoms with Gasteiger partial charge in [-0.25, -0.2) is 4.84 Å². The summed E-state index contributed by atoms with van der Waals surface area (Å²) in [6, 6.07) is 7.37. The topological polar surface area (TPSA) is 50.7 Å². The zero-order chi connectivity index (χ0) is 10.7. The van der Waals surface area contributed by atoms with E-state index < -0.39 is 6.10 Å². The molecule has 0 saturated heterocycles. The quantitative estimate of drug-likeness (QED) is 0.758. The minimum Gasteiger partial charge on any atom is -0.486 e. The lowest BCUT2D eigenvalue weighted by molar-refractivity contribution is -0.00681. The lowest BCUT2D eigenvalue weighted by Gasteiger charge is -2.29. The number of ether oxygens (including phenoxy) is 2. The Morgan fingerprint density at radius 3 is 2.93 bits per heavy atom. The molecule has 0 spiro atoms. The van der Waals surface area contributed by atoms with Gasteiger partial charge < -0.3 is 14.6 Å². The molecule has 0 radical (unpaired) electrons. The van der Waals surface area contributed by atoms with Crippen molar-refractivity contribution in [3.8, 4) is 11.5 Å². The normalized spacial score (nSPS) is 21.1. The monoisotopic (exact) mass is 229 g/mol. The molecule has 0 saturated carbocycles. The van der Waals surface area contributed by atoms with Crippen LogP contribution in [-0.2, 0) is 0 Å². The van der Waals surface area contributed by atoms with Gasteiger partial charge in [0.1, 0.15) is 12.7 Å². The molecule has 2 atom stereocenters. The number of hydrogen-bond donors (Lipinski definition) is 2. The van der Waals surface area contributed by atoms with Crippen molar-refractivity contribution in [1.82, 2.24) is 4.84 Å². The molecule has 1 heterocycles. The second-order valence-electron chi connectivity index (χ2n) is 3.32. The zero-order valence-electron chi connectivity index (χ0n) is 8.02. The summed E-state index contributed by atoms with van der Waals surface area (Å²) in [6.45, 7) is 0.592. The van der Waals surface area contributed by atoms with Crippen LogP contribution < -0.4 is 14.3 Å². The molecule has 1 aliphatic rings. The lowest BCUT2D eigenvalue weighted by Crippen LogP contribution is -2.43. The Kier molecular flexibility index (Phi) is 3.30. The summed E-state index contributed by atoms with van der Waals surface area (Å²) < 4.78 is 11.0. The van der Waals surface area contributed by atoms with Crippen molar-refractivity contribution in [3.05, 3.63) is 24.3 Å². The van der Waals surface area contributed by atoms with Crippen molar-refractivity contribution in [2.24, 2.45) is 0 Å². The predicted molar refractivity (Wildman–Crippen MR) is 56.2 cm³/mol. The first-order chi connectivity index (χ1) is 7.31. The van der Waals surface area contributed by atoms with E-state index in [1.165, 1.54) is 0 Å². The van der Waals surface area contributed by atoms with Gasteiger partial charge in [-0.2, -0.15) is 0 Å². The van der Waals surface area contributed by atoms with E-state index in [0.717, 1.165) is 0 Å². The molecular weight excluding hydrogens is 218 g/mol. The molecule has 1 aromatic carbocycles. The van der Waals surface area contributed by atoms with Gasteiger partial charge in [0, 0.05) is 6.54 Å². The molecule has 4 nitrogen and oxygen atoms in total. The molecule has 15 heavy (non-hydrogen) atoms. The molecule has 0 amide bonds. The predicted octanol–water partition coefficient (Wildman–Crippen LogP) is 0.931. The van der Waals surface area contributed by atoms with Crippen molar-refractivity contribution in [2.75, 3.05) is 13.2 Å². The van der Waals surface area contributed by atoms with Crippen molar-refractivity contribution in [3.63, 3.8) is 0 Å². The van der Waals surface area contributed by atoms with E-state index in [4.69, 9.17) is 21.3 Å². The average Bonchev–Trinajstić information content (AvgIpc) is 2.29. The highest BCUT2D eigenvalue weighted by atomic mass is 35.5. The minimum absolute atomic E-state index is 0.262. The Balaban J connectivity index is 2.05. The third-order valence-electron chi connectivity index (χ3n) is 2.25. The molecule has 2 rings (SSSR count). The highest BCUT2D eigenvalue weighted by Gasteiger charge is 2.26. The Labute approximate surface area is 92.9 Å².